The predicted molar refractivity (Wildman–Crippen MR) is 80.0 cm³/mol. The zero-order valence-corrected chi connectivity index (χ0v) is 11.7. The largest absolute Gasteiger partial charge is 0.399 e. The molecule has 2 N–H and O–H groups in total. The average Bonchev–Trinajstić information content (AvgIpc) is 2.41. The monoisotopic (exact) mass is 294 g/mol. The lowest BCUT2D eigenvalue weighted by Crippen LogP contribution is -2.26. The molecule has 0 aliphatic rings. The Morgan fingerprint density at radius 2 is 1.74 bits per heavy atom. The summed E-state index contributed by atoms with van der Waals surface area (Å²) in [6, 6.07) is 11.7. The molecule has 0 spiro atoms. The molecule has 2 aromatic rings. The number of rotatable bonds is 2. The fraction of sp³-hybridized carbons (Fsp3) is 0.0714. The molecule has 0 aromatic heterocycles. The van der Waals surface area contributed by atoms with E-state index in [9.17, 15) is 4.79 Å². The molecule has 0 aliphatic carbocycles. The Kier molecular flexibility index (Phi) is 3.98. The summed E-state index contributed by atoms with van der Waals surface area (Å²) in [6.45, 7) is 0. The van der Waals surface area contributed by atoms with Crippen molar-refractivity contribution in [2.75, 3.05) is 17.7 Å². The Morgan fingerprint density at radius 3 is 2.37 bits per heavy atom. The number of carbonyl (C=O) groups is 1. The molecule has 0 heterocycles. The minimum absolute atomic E-state index is 0.177. The number of hydrogen-bond donors (Lipinski definition) is 1. The first-order valence-corrected chi connectivity index (χ1v) is 6.33. The van der Waals surface area contributed by atoms with Crippen LogP contribution in [0.15, 0.2) is 42.5 Å². The van der Waals surface area contributed by atoms with E-state index < -0.39 is 0 Å². The lowest BCUT2D eigenvalue weighted by atomic mass is 10.1. The molecule has 0 fully saturated rings. The zero-order chi connectivity index (χ0) is 14.0. The van der Waals surface area contributed by atoms with Gasteiger partial charge in [-0.15, -0.1) is 0 Å². The lowest BCUT2D eigenvalue weighted by molar-refractivity contribution is 0.0993. The van der Waals surface area contributed by atoms with E-state index in [1.165, 1.54) is 4.90 Å². The van der Waals surface area contributed by atoms with E-state index in [-0.39, 0.29) is 5.91 Å². The minimum Gasteiger partial charge on any atom is -0.399 e. The van der Waals surface area contributed by atoms with Gasteiger partial charge < -0.3 is 10.6 Å². The van der Waals surface area contributed by atoms with Crippen LogP contribution < -0.4 is 10.6 Å². The molecule has 0 radical (unpaired) electrons. The van der Waals surface area contributed by atoms with Gasteiger partial charge in [-0.3, -0.25) is 4.79 Å². The smallest absolute Gasteiger partial charge is 0.258 e. The van der Waals surface area contributed by atoms with Crippen molar-refractivity contribution in [3.8, 4) is 0 Å². The summed E-state index contributed by atoms with van der Waals surface area (Å²) in [5.74, 6) is -0.177. The van der Waals surface area contributed by atoms with Crippen LogP contribution in [-0.4, -0.2) is 13.0 Å². The van der Waals surface area contributed by atoms with Gasteiger partial charge in [-0.05, 0) is 42.5 Å². The van der Waals surface area contributed by atoms with Crippen LogP contribution in [0.1, 0.15) is 10.4 Å². The van der Waals surface area contributed by atoms with Crippen LogP contribution in [0.5, 0.6) is 0 Å². The molecule has 0 unspecified atom stereocenters. The highest BCUT2D eigenvalue weighted by Gasteiger charge is 2.16. The molecule has 0 aliphatic heterocycles. The van der Waals surface area contributed by atoms with Gasteiger partial charge in [0.15, 0.2) is 0 Å². The molecular weight excluding hydrogens is 283 g/mol. The van der Waals surface area contributed by atoms with E-state index in [2.05, 4.69) is 0 Å². The molecule has 98 valence electrons. The summed E-state index contributed by atoms with van der Waals surface area (Å²) in [4.78, 5) is 13.8. The van der Waals surface area contributed by atoms with Gasteiger partial charge in [0.1, 0.15) is 0 Å². The third-order valence-corrected chi connectivity index (χ3v) is 3.29. The molecule has 1 amide bonds. The number of nitrogen functional groups attached to an aromatic ring is 1. The van der Waals surface area contributed by atoms with Crippen molar-refractivity contribution < 1.29 is 4.79 Å². The molecule has 0 bridgehead atoms. The quantitative estimate of drug-likeness (QED) is 0.855. The summed E-state index contributed by atoms with van der Waals surface area (Å²) < 4.78 is 0. The average molecular weight is 295 g/mol. The Hall–Kier alpha value is -1.71. The first kappa shape index (κ1) is 13.7. The minimum atomic E-state index is -0.177. The van der Waals surface area contributed by atoms with Gasteiger partial charge >= 0.3 is 0 Å². The van der Waals surface area contributed by atoms with Gasteiger partial charge in [0, 0.05) is 23.3 Å². The van der Waals surface area contributed by atoms with Gasteiger partial charge in [-0.25, -0.2) is 0 Å². The van der Waals surface area contributed by atoms with Crippen LogP contribution in [0.25, 0.3) is 0 Å². The van der Waals surface area contributed by atoms with Crippen molar-refractivity contribution in [1.29, 1.82) is 0 Å². The molecule has 0 atom stereocenters. The maximum Gasteiger partial charge on any atom is 0.258 e. The number of benzene rings is 2. The molecule has 19 heavy (non-hydrogen) atoms. The van der Waals surface area contributed by atoms with E-state index in [1.807, 2.05) is 0 Å². The van der Waals surface area contributed by atoms with E-state index >= 15 is 0 Å². The fourth-order valence-electron chi connectivity index (χ4n) is 1.67. The molecule has 5 heteroatoms. The van der Waals surface area contributed by atoms with E-state index in [0.717, 1.165) is 0 Å². The number of nitrogens with zero attached hydrogens (tertiary/aromatic N) is 1. The van der Waals surface area contributed by atoms with Gasteiger partial charge in [0.25, 0.3) is 5.91 Å². The zero-order valence-electron chi connectivity index (χ0n) is 10.2. The maximum atomic E-state index is 12.3. The normalized spacial score (nSPS) is 10.3. The van der Waals surface area contributed by atoms with Crippen LogP contribution in [0, 0.1) is 0 Å². The second kappa shape index (κ2) is 5.51. The van der Waals surface area contributed by atoms with Crippen molar-refractivity contribution in [2.45, 2.75) is 0 Å². The number of nitrogens with two attached hydrogens (primary N) is 1. The highest BCUT2D eigenvalue weighted by atomic mass is 35.5. The van der Waals surface area contributed by atoms with Gasteiger partial charge in [-0.1, -0.05) is 23.2 Å². The molecular formula is C14H12Cl2N2O. The maximum absolute atomic E-state index is 12.3. The summed E-state index contributed by atoms with van der Waals surface area (Å²) in [5.41, 5.74) is 7.31. The number of amides is 1. The SMILES string of the molecule is CN(C(=O)c1ccc(N)cc1)c1cc(Cl)ccc1Cl. The van der Waals surface area contributed by atoms with Crippen molar-refractivity contribution in [2.24, 2.45) is 0 Å². The van der Waals surface area contributed by atoms with Crippen molar-refractivity contribution >= 4 is 40.5 Å². The van der Waals surface area contributed by atoms with Crippen molar-refractivity contribution in [1.82, 2.24) is 0 Å². The van der Waals surface area contributed by atoms with E-state index in [1.54, 1.807) is 49.5 Å². The first-order valence-electron chi connectivity index (χ1n) is 5.57. The third-order valence-electron chi connectivity index (χ3n) is 2.73. The highest BCUT2D eigenvalue weighted by Crippen LogP contribution is 2.29. The second-order valence-electron chi connectivity index (χ2n) is 4.08. The Balaban J connectivity index is 2.33. The first-order chi connectivity index (χ1) is 8.99. The lowest BCUT2D eigenvalue weighted by Gasteiger charge is -2.19. The van der Waals surface area contributed by atoms with Crippen molar-refractivity contribution in [3.05, 3.63) is 58.1 Å². The van der Waals surface area contributed by atoms with E-state index in [4.69, 9.17) is 28.9 Å². The predicted octanol–water partition coefficient (Wildman–Crippen LogP) is 3.85. The molecule has 2 rings (SSSR count). The third kappa shape index (κ3) is 3.00. The second-order valence-corrected chi connectivity index (χ2v) is 4.93. The standard InChI is InChI=1S/C14H12Cl2N2O/c1-18(13-8-10(15)4-7-12(13)16)14(19)9-2-5-11(17)6-3-9/h2-8H,17H2,1H3. The fourth-order valence-corrected chi connectivity index (χ4v) is 2.08. The summed E-state index contributed by atoms with van der Waals surface area (Å²) in [6.07, 6.45) is 0. The van der Waals surface area contributed by atoms with Crippen LogP contribution in [0.2, 0.25) is 10.0 Å². The van der Waals surface area contributed by atoms with Crippen LogP contribution in [0.4, 0.5) is 11.4 Å². The number of carbonyl (C=O) groups excluding carboxylic acids is 1. The van der Waals surface area contributed by atoms with Crippen LogP contribution in [-0.2, 0) is 0 Å². The Labute approximate surface area is 121 Å². The van der Waals surface area contributed by atoms with Crippen LogP contribution in [0.3, 0.4) is 0 Å². The Morgan fingerprint density at radius 1 is 1.11 bits per heavy atom. The number of anilines is 2. The van der Waals surface area contributed by atoms with E-state index in [0.29, 0.717) is 27.0 Å². The van der Waals surface area contributed by atoms with Gasteiger partial charge in [0.2, 0.25) is 0 Å². The molecule has 0 saturated carbocycles. The summed E-state index contributed by atoms with van der Waals surface area (Å²) in [5, 5.41) is 0.993. The summed E-state index contributed by atoms with van der Waals surface area (Å²) >= 11 is 12.0. The Bertz CT molecular complexity index is 611. The van der Waals surface area contributed by atoms with Gasteiger partial charge in [0.05, 0.1) is 10.7 Å². The van der Waals surface area contributed by atoms with Gasteiger partial charge in [-0.2, -0.15) is 0 Å². The highest BCUT2D eigenvalue weighted by molar-refractivity contribution is 6.36. The summed E-state index contributed by atoms with van der Waals surface area (Å²) in [7, 11) is 1.65. The molecule has 2 aromatic carbocycles. The van der Waals surface area contributed by atoms with Crippen molar-refractivity contribution in [3.63, 3.8) is 0 Å². The topological polar surface area (TPSA) is 46.3 Å². The number of hydrogen-bond acceptors (Lipinski definition) is 2. The van der Waals surface area contributed by atoms with Crippen LogP contribution >= 0.6 is 23.2 Å². The molecule has 3 nitrogen and oxygen atoms in total. The molecule has 0 saturated heterocycles. The number of halogens is 2.